The third-order valence-electron chi connectivity index (χ3n) is 4.88. The number of benzene rings is 2. The minimum Gasteiger partial charge on any atom is -0.493 e. The quantitative estimate of drug-likeness (QED) is 0.339. The minimum absolute atomic E-state index is 0.0120. The third-order valence-corrected chi connectivity index (χ3v) is 6.38. The maximum absolute atomic E-state index is 12.6. The summed E-state index contributed by atoms with van der Waals surface area (Å²) in [4.78, 5) is 16.7. The fraction of sp³-hybridized carbons (Fsp3) is 0.250. The average Bonchev–Trinajstić information content (AvgIpc) is 3.24. The second kappa shape index (κ2) is 10.9. The molecule has 0 saturated carbocycles. The van der Waals surface area contributed by atoms with Crippen LogP contribution in [0.1, 0.15) is 25.3 Å². The number of hydrogen-bond acceptors (Lipinski definition) is 7. The summed E-state index contributed by atoms with van der Waals surface area (Å²) < 4.78 is 17.9. The Bertz CT molecular complexity index is 1190. The van der Waals surface area contributed by atoms with Crippen LogP contribution in [0.25, 0.3) is 6.08 Å². The number of nitrogens with one attached hydrogen (secondary N) is 1. The van der Waals surface area contributed by atoms with Crippen molar-refractivity contribution in [2.24, 2.45) is 10.1 Å². The van der Waals surface area contributed by atoms with E-state index in [0.29, 0.717) is 35.4 Å². The number of fused-ring (bicyclic) bond motifs is 1. The number of rotatable bonds is 9. The van der Waals surface area contributed by atoms with Crippen LogP contribution in [0.4, 0.5) is 0 Å². The Morgan fingerprint density at radius 2 is 1.88 bits per heavy atom. The summed E-state index contributed by atoms with van der Waals surface area (Å²) in [7, 11) is 1.55. The number of hydrogen-bond donors (Lipinski definition) is 1. The molecule has 0 spiro atoms. The Kier molecular flexibility index (Phi) is 7.69. The van der Waals surface area contributed by atoms with Crippen molar-refractivity contribution in [2.45, 2.75) is 19.8 Å². The van der Waals surface area contributed by atoms with Crippen LogP contribution in [0, 0.1) is 5.41 Å². The van der Waals surface area contributed by atoms with Crippen molar-refractivity contribution >= 4 is 55.7 Å². The molecule has 10 heteroatoms. The zero-order valence-corrected chi connectivity index (χ0v) is 21.1. The Morgan fingerprint density at radius 1 is 1.12 bits per heavy atom. The molecule has 0 fully saturated rings. The lowest BCUT2D eigenvalue weighted by molar-refractivity contribution is -0.114. The molecule has 4 rings (SSSR count). The molecule has 2 aromatic rings. The van der Waals surface area contributed by atoms with E-state index in [1.54, 1.807) is 31.4 Å². The second-order valence-corrected chi connectivity index (χ2v) is 9.28. The lowest BCUT2D eigenvalue weighted by Gasteiger charge is -2.20. The SMILES string of the molecule is CCCC1=NN2C(=N)/C(=C/c3ccc(OCCOc4ccc(Br)cc4)c(OC)c3)C(=O)N=C2S1. The summed E-state index contributed by atoms with van der Waals surface area (Å²) in [6.07, 6.45) is 3.33. The summed E-state index contributed by atoms with van der Waals surface area (Å²) in [5.74, 6) is 1.38. The van der Waals surface area contributed by atoms with Gasteiger partial charge in [0.25, 0.3) is 5.91 Å². The highest BCUT2D eigenvalue weighted by molar-refractivity contribution is 9.10. The highest BCUT2D eigenvalue weighted by Gasteiger charge is 2.35. The zero-order chi connectivity index (χ0) is 24.1. The average molecular weight is 543 g/mol. The van der Waals surface area contributed by atoms with E-state index in [2.05, 4.69) is 32.9 Å². The van der Waals surface area contributed by atoms with Gasteiger partial charge in [-0.1, -0.05) is 28.9 Å². The van der Waals surface area contributed by atoms with Crippen molar-refractivity contribution < 1.29 is 19.0 Å². The van der Waals surface area contributed by atoms with Gasteiger partial charge in [0.2, 0.25) is 5.17 Å². The van der Waals surface area contributed by atoms with Crippen molar-refractivity contribution in [2.75, 3.05) is 20.3 Å². The van der Waals surface area contributed by atoms with E-state index in [1.165, 1.54) is 16.8 Å². The molecule has 8 nitrogen and oxygen atoms in total. The molecule has 0 aromatic heterocycles. The monoisotopic (exact) mass is 542 g/mol. The van der Waals surface area contributed by atoms with Gasteiger partial charge in [-0.2, -0.15) is 15.1 Å². The molecule has 2 heterocycles. The van der Waals surface area contributed by atoms with Gasteiger partial charge in [-0.05, 0) is 72.6 Å². The van der Waals surface area contributed by atoms with E-state index >= 15 is 0 Å². The Balaban J connectivity index is 1.43. The van der Waals surface area contributed by atoms with Crippen LogP contribution >= 0.6 is 27.7 Å². The lowest BCUT2D eigenvalue weighted by atomic mass is 10.1. The number of amidine groups is 2. The van der Waals surface area contributed by atoms with E-state index in [-0.39, 0.29) is 11.4 Å². The fourth-order valence-corrected chi connectivity index (χ4v) is 4.50. The van der Waals surface area contributed by atoms with Gasteiger partial charge in [-0.3, -0.25) is 10.2 Å². The Labute approximate surface area is 210 Å². The summed E-state index contributed by atoms with van der Waals surface area (Å²) in [5, 5.41) is 15.6. The molecule has 0 aliphatic carbocycles. The highest BCUT2D eigenvalue weighted by Crippen LogP contribution is 2.32. The first kappa shape index (κ1) is 24.0. The number of ether oxygens (including phenoxy) is 3. The van der Waals surface area contributed by atoms with E-state index in [1.807, 2.05) is 24.3 Å². The van der Waals surface area contributed by atoms with Gasteiger partial charge >= 0.3 is 0 Å². The number of thioether (sulfide) groups is 1. The van der Waals surface area contributed by atoms with E-state index in [9.17, 15) is 4.79 Å². The van der Waals surface area contributed by atoms with Crippen LogP contribution < -0.4 is 14.2 Å². The predicted octanol–water partition coefficient (Wildman–Crippen LogP) is 5.33. The number of halogens is 1. The smallest absolute Gasteiger partial charge is 0.283 e. The summed E-state index contributed by atoms with van der Waals surface area (Å²) in [5.41, 5.74) is 0.858. The number of methoxy groups -OCH3 is 1. The lowest BCUT2D eigenvalue weighted by Crippen LogP contribution is -2.35. The molecule has 176 valence electrons. The van der Waals surface area contributed by atoms with Gasteiger partial charge in [0.15, 0.2) is 17.3 Å². The molecule has 0 saturated heterocycles. The van der Waals surface area contributed by atoms with Gasteiger partial charge in [-0.15, -0.1) is 0 Å². The maximum atomic E-state index is 12.6. The first-order chi connectivity index (χ1) is 16.5. The topological polar surface area (TPSA) is 96.6 Å². The molecule has 0 radical (unpaired) electrons. The Morgan fingerprint density at radius 3 is 2.62 bits per heavy atom. The number of carbonyl (C=O) groups excluding carboxylic acids is 1. The number of nitrogens with zero attached hydrogens (tertiary/aromatic N) is 3. The van der Waals surface area contributed by atoms with Crippen molar-refractivity contribution in [1.29, 1.82) is 5.41 Å². The molecule has 34 heavy (non-hydrogen) atoms. The summed E-state index contributed by atoms with van der Waals surface area (Å²) >= 11 is 4.73. The van der Waals surface area contributed by atoms with Crippen LogP contribution in [-0.4, -0.2) is 47.3 Å². The maximum Gasteiger partial charge on any atom is 0.283 e. The number of hydrazone groups is 1. The third kappa shape index (κ3) is 5.51. The fourth-order valence-electron chi connectivity index (χ4n) is 3.25. The molecule has 1 amide bonds. The molecular formula is C24H23BrN4O4S. The van der Waals surface area contributed by atoms with Crippen LogP contribution in [0.2, 0.25) is 0 Å². The molecule has 0 bridgehead atoms. The van der Waals surface area contributed by atoms with Crippen molar-refractivity contribution in [3.8, 4) is 17.2 Å². The molecular weight excluding hydrogens is 520 g/mol. The zero-order valence-electron chi connectivity index (χ0n) is 18.7. The second-order valence-electron chi connectivity index (χ2n) is 7.32. The molecule has 2 aromatic carbocycles. The van der Waals surface area contributed by atoms with E-state index in [4.69, 9.17) is 19.6 Å². The van der Waals surface area contributed by atoms with Crippen molar-refractivity contribution in [3.63, 3.8) is 0 Å². The number of aliphatic imine (C=N–C) groups is 1. The van der Waals surface area contributed by atoms with Gasteiger partial charge in [-0.25, -0.2) is 0 Å². The number of carbonyl (C=O) groups is 1. The van der Waals surface area contributed by atoms with Crippen molar-refractivity contribution in [1.82, 2.24) is 5.01 Å². The normalized spacial score (nSPS) is 16.3. The van der Waals surface area contributed by atoms with Gasteiger partial charge in [0.05, 0.1) is 12.7 Å². The van der Waals surface area contributed by atoms with Crippen molar-refractivity contribution in [3.05, 3.63) is 58.1 Å². The Hall–Kier alpha value is -3.11. The summed E-state index contributed by atoms with van der Waals surface area (Å²) in [6, 6.07) is 12.9. The van der Waals surface area contributed by atoms with Crippen LogP contribution in [-0.2, 0) is 4.79 Å². The first-order valence-electron chi connectivity index (χ1n) is 10.7. The molecule has 2 aliphatic rings. The molecule has 0 atom stereocenters. The highest BCUT2D eigenvalue weighted by atomic mass is 79.9. The predicted molar refractivity (Wildman–Crippen MR) is 138 cm³/mol. The van der Waals surface area contributed by atoms with Gasteiger partial charge in [0, 0.05) is 4.47 Å². The van der Waals surface area contributed by atoms with Crippen LogP contribution in [0.5, 0.6) is 17.2 Å². The largest absolute Gasteiger partial charge is 0.493 e. The standard InChI is InChI=1S/C24H23BrN4O4S/c1-3-4-21-28-29-22(26)18(23(30)27-24(29)34-21)13-15-5-10-19(20(14-15)31-2)33-12-11-32-17-8-6-16(25)7-9-17/h5-10,13-14,26H,3-4,11-12H2,1-2H3/b18-13-,26-22?. The van der Waals surface area contributed by atoms with E-state index < -0.39 is 5.91 Å². The molecule has 0 unspecified atom stereocenters. The molecule has 1 N–H and O–H groups in total. The molecule has 2 aliphatic heterocycles. The van der Waals surface area contributed by atoms with Gasteiger partial charge in [0.1, 0.15) is 24.0 Å². The van der Waals surface area contributed by atoms with E-state index in [0.717, 1.165) is 28.1 Å². The minimum atomic E-state index is -0.457. The number of amides is 1. The van der Waals surface area contributed by atoms with Gasteiger partial charge < -0.3 is 14.2 Å². The first-order valence-corrected chi connectivity index (χ1v) is 12.3. The van der Waals surface area contributed by atoms with Crippen LogP contribution in [0.15, 0.2) is 62.6 Å². The summed E-state index contributed by atoms with van der Waals surface area (Å²) in [6.45, 7) is 2.76. The van der Waals surface area contributed by atoms with Crippen LogP contribution in [0.3, 0.4) is 0 Å².